The summed E-state index contributed by atoms with van der Waals surface area (Å²) in [5.74, 6) is 0.266. The molecule has 2 unspecified atom stereocenters. The van der Waals surface area contributed by atoms with Crippen molar-refractivity contribution in [1.29, 1.82) is 0 Å². The molecule has 0 amide bonds. The summed E-state index contributed by atoms with van der Waals surface area (Å²) < 4.78 is 0. The van der Waals surface area contributed by atoms with Gasteiger partial charge in [0.25, 0.3) is 0 Å². The molecule has 1 aromatic rings. The van der Waals surface area contributed by atoms with Crippen molar-refractivity contribution in [2.24, 2.45) is 11.7 Å². The molecule has 0 spiro atoms. The van der Waals surface area contributed by atoms with Crippen LogP contribution in [0, 0.1) is 16.0 Å². The van der Waals surface area contributed by atoms with Crippen LogP contribution in [-0.2, 0) is 6.42 Å². The molecule has 1 aliphatic carbocycles. The molecule has 2 N–H and O–H groups in total. The molecule has 0 aromatic heterocycles. The Morgan fingerprint density at radius 2 is 2.19 bits per heavy atom. The maximum Gasteiger partial charge on any atom is 0.238 e. The summed E-state index contributed by atoms with van der Waals surface area (Å²) in [5, 5.41) is 11.1. The Hall–Kier alpha value is -1.42. The van der Waals surface area contributed by atoms with Gasteiger partial charge in [-0.3, -0.25) is 10.1 Å². The van der Waals surface area contributed by atoms with Gasteiger partial charge in [0.2, 0.25) is 6.04 Å². The number of rotatable bonds is 2. The molecule has 0 fully saturated rings. The number of nitrogens with two attached hydrogens (primary N) is 1. The molecule has 4 heteroatoms. The van der Waals surface area contributed by atoms with Crippen molar-refractivity contribution in [3.63, 3.8) is 0 Å². The van der Waals surface area contributed by atoms with E-state index in [1.165, 1.54) is 0 Å². The predicted octanol–water partition coefficient (Wildman–Crippen LogP) is 1.92. The van der Waals surface area contributed by atoms with Crippen LogP contribution in [0.3, 0.4) is 0 Å². The van der Waals surface area contributed by atoms with E-state index >= 15 is 0 Å². The van der Waals surface area contributed by atoms with Gasteiger partial charge in [-0.1, -0.05) is 24.3 Å². The zero-order chi connectivity index (χ0) is 11.5. The number of nitrogens with zero attached hydrogens (tertiary/aromatic N) is 1. The topological polar surface area (TPSA) is 69.2 Å². The lowest BCUT2D eigenvalue weighted by Gasteiger charge is -2.13. The second kappa shape index (κ2) is 4.61. The number of benzene rings is 1. The number of hydrogen-bond donors (Lipinski definition) is 1. The Kier molecular flexibility index (Phi) is 3.19. The SMILES string of the molecule is NCC1CCc2ccccc2C([N+](=O)[O-])C1. The molecule has 16 heavy (non-hydrogen) atoms. The summed E-state index contributed by atoms with van der Waals surface area (Å²) in [7, 11) is 0. The van der Waals surface area contributed by atoms with Gasteiger partial charge < -0.3 is 5.73 Å². The van der Waals surface area contributed by atoms with E-state index in [1.807, 2.05) is 24.3 Å². The summed E-state index contributed by atoms with van der Waals surface area (Å²) in [6.07, 6.45) is 2.43. The van der Waals surface area contributed by atoms with E-state index in [-0.39, 0.29) is 10.8 Å². The van der Waals surface area contributed by atoms with Crippen LogP contribution in [-0.4, -0.2) is 11.5 Å². The van der Waals surface area contributed by atoms with Gasteiger partial charge in [0.05, 0.1) is 0 Å². The Labute approximate surface area is 94.6 Å². The second-order valence-corrected chi connectivity index (χ2v) is 4.38. The van der Waals surface area contributed by atoms with E-state index in [2.05, 4.69) is 0 Å². The minimum absolute atomic E-state index is 0.174. The normalized spacial score (nSPS) is 24.6. The lowest BCUT2D eigenvalue weighted by Crippen LogP contribution is -2.19. The number of hydrogen-bond acceptors (Lipinski definition) is 3. The summed E-state index contributed by atoms with van der Waals surface area (Å²) in [6, 6.07) is 7.11. The Balaban J connectivity index is 2.36. The highest BCUT2D eigenvalue weighted by Gasteiger charge is 2.31. The van der Waals surface area contributed by atoms with Crippen molar-refractivity contribution in [2.75, 3.05) is 6.54 Å². The molecule has 0 radical (unpaired) electrons. The molecule has 2 atom stereocenters. The molecule has 4 nitrogen and oxygen atoms in total. The first kappa shape index (κ1) is 11.1. The summed E-state index contributed by atoms with van der Waals surface area (Å²) in [6.45, 7) is 0.540. The third kappa shape index (κ3) is 2.07. The molecule has 0 saturated carbocycles. The van der Waals surface area contributed by atoms with Gasteiger partial charge in [-0.05, 0) is 30.9 Å². The third-order valence-corrected chi connectivity index (χ3v) is 3.38. The standard InChI is InChI=1S/C12H16N2O2/c13-8-9-5-6-10-3-1-2-4-11(10)12(7-9)14(15)16/h1-4,9,12H,5-8,13H2. The molecule has 0 heterocycles. The van der Waals surface area contributed by atoms with Crippen molar-refractivity contribution in [1.82, 2.24) is 0 Å². The van der Waals surface area contributed by atoms with Gasteiger partial charge in [-0.2, -0.15) is 0 Å². The van der Waals surface area contributed by atoms with Crippen molar-refractivity contribution in [2.45, 2.75) is 25.3 Å². The van der Waals surface area contributed by atoms with E-state index in [0.717, 1.165) is 24.0 Å². The highest BCUT2D eigenvalue weighted by atomic mass is 16.6. The van der Waals surface area contributed by atoms with Gasteiger partial charge in [-0.25, -0.2) is 0 Å². The number of aryl methyl sites for hydroxylation is 1. The van der Waals surface area contributed by atoms with Crippen LogP contribution in [0.4, 0.5) is 0 Å². The molecule has 0 saturated heterocycles. The predicted molar refractivity (Wildman–Crippen MR) is 61.7 cm³/mol. The van der Waals surface area contributed by atoms with Crippen LogP contribution in [0.15, 0.2) is 24.3 Å². The largest absolute Gasteiger partial charge is 0.330 e. The molecule has 2 rings (SSSR count). The highest BCUT2D eigenvalue weighted by Crippen LogP contribution is 2.33. The van der Waals surface area contributed by atoms with Crippen LogP contribution in [0.2, 0.25) is 0 Å². The Bertz CT molecular complexity index is 392. The van der Waals surface area contributed by atoms with Gasteiger partial charge in [0.1, 0.15) is 0 Å². The number of fused-ring (bicyclic) bond motifs is 1. The van der Waals surface area contributed by atoms with E-state index < -0.39 is 6.04 Å². The molecule has 1 aliphatic rings. The highest BCUT2D eigenvalue weighted by molar-refractivity contribution is 5.30. The van der Waals surface area contributed by atoms with E-state index in [0.29, 0.717) is 13.0 Å². The average Bonchev–Trinajstić information content (AvgIpc) is 2.48. The first-order valence-electron chi connectivity index (χ1n) is 5.63. The summed E-state index contributed by atoms with van der Waals surface area (Å²) >= 11 is 0. The zero-order valence-electron chi connectivity index (χ0n) is 9.13. The van der Waals surface area contributed by atoms with Crippen LogP contribution >= 0.6 is 0 Å². The quantitative estimate of drug-likeness (QED) is 0.470. The fourth-order valence-corrected chi connectivity index (χ4v) is 2.42. The van der Waals surface area contributed by atoms with E-state index in [1.54, 1.807) is 0 Å². The molecular weight excluding hydrogens is 204 g/mol. The van der Waals surface area contributed by atoms with Crippen LogP contribution in [0.5, 0.6) is 0 Å². The number of nitro groups is 1. The van der Waals surface area contributed by atoms with Crippen molar-refractivity contribution >= 4 is 0 Å². The smallest absolute Gasteiger partial charge is 0.238 e. The summed E-state index contributed by atoms with van der Waals surface area (Å²) in [4.78, 5) is 10.9. The van der Waals surface area contributed by atoms with Gasteiger partial charge in [0.15, 0.2) is 0 Å². The van der Waals surface area contributed by atoms with Crippen LogP contribution in [0.25, 0.3) is 0 Å². The average molecular weight is 220 g/mol. The van der Waals surface area contributed by atoms with Crippen LogP contribution < -0.4 is 5.73 Å². The second-order valence-electron chi connectivity index (χ2n) is 4.38. The third-order valence-electron chi connectivity index (χ3n) is 3.38. The Morgan fingerprint density at radius 3 is 2.88 bits per heavy atom. The maximum atomic E-state index is 11.1. The maximum absolute atomic E-state index is 11.1. The summed E-state index contributed by atoms with van der Waals surface area (Å²) in [5.41, 5.74) is 7.64. The lowest BCUT2D eigenvalue weighted by molar-refractivity contribution is -0.531. The lowest BCUT2D eigenvalue weighted by atomic mass is 9.96. The van der Waals surface area contributed by atoms with Crippen molar-refractivity contribution in [3.05, 3.63) is 45.5 Å². The molecular formula is C12H16N2O2. The zero-order valence-corrected chi connectivity index (χ0v) is 9.13. The fourth-order valence-electron chi connectivity index (χ4n) is 2.42. The molecule has 0 aliphatic heterocycles. The fraction of sp³-hybridized carbons (Fsp3) is 0.500. The molecule has 0 bridgehead atoms. The van der Waals surface area contributed by atoms with E-state index in [9.17, 15) is 10.1 Å². The van der Waals surface area contributed by atoms with E-state index in [4.69, 9.17) is 5.73 Å². The minimum Gasteiger partial charge on any atom is -0.330 e. The monoisotopic (exact) mass is 220 g/mol. The van der Waals surface area contributed by atoms with Gasteiger partial charge in [0, 0.05) is 16.9 Å². The van der Waals surface area contributed by atoms with Gasteiger partial charge >= 0.3 is 0 Å². The minimum atomic E-state index is -0.577. The first-order valence-corrected chi connectivity index (χ1v) is 5.63. The Morgan fingerprint density at radius 1 is 1.44 bits per heavy atom. The van der Waals surface area contributed by atoms with Crippen LogP contribution in [0.1, 0.15) is 30.0 Å². The van der Waals surface area contributed by atoms with Crippen molar-refractivity contribution < 1.29 is 4.92 Å². The molecule has 1 aromatic carbocycles. The molecule has 86 valence electrons. The van der Waals surface area contributed by atoms with Gasteiger partial charge in [-0.15, -0.1) is 0 Å². The first-order chi connectivity index (χ1) is 7.72. The van der Waals surface area contributed by atoms with Crippen molar-refractivity contribution in [3.8, 4) is 0 Å².